The van der Waals surface area contributed by atoms with Crippen LogP contribution in [0.1, 0.15) is 5.56 Å². The Morgan fingerprint density at radius 1 is 1.24 bits per heavy atom. The molecule has 0 unspecified atom stereocenters. The van der Waals surface area contributed by atoms with Crippen LogP contribution in [0.3, 0.4) is 0 Å². The van der Waals surface area contributed by atoms with Crippen LogP contribution in [0.25, 0.3) is 0 Å². The van der Waals surface area contributed by atoms with Crippen molar-refractivity contribution in [1.82, 2.24) is 0 Å². The third-order valence-electron chi connectivity index (χ3n) is 2.52. The molecule has 4 nitrogen and oxygen atoms in total. The molecule has 0 aliphatic rings. The van der Waals surface area contributed by atoms with E-state index in [0.29, 0.717) is 4.47 Å². The van der Waals surface area contributed by atoms with Crippen LogP contribution in [-0.2, 0) is 10.0 Å². The minimum Gasteiger partial charge on any atom is -0.280 e. The first-order chi connectivity index (χ1) is 9.83. The molecule has 0 aliphatic heterocycles. The highest BCUT2D eigenvalue weighted by Gasteiger charge is 2.18. The summed E-state index contributed by atoms with van der Waals surface area (Å²) in [5.41, 5.74) is -0.177. The molecule has 0 heterocycles. The maximum absolute atomic E-state index is 13.2. The first-order valence-corrected chi connectivity index (χ1v) is 8.16. The molecule has 0 atom stereocenters. The predicted octanol–water partition coefficient (Wildman–Crippen LogP) is 3.91. The molecule has 8 heteroatoms. The molecule has 0 spiro atoms. The van der Waals surface area contributed by atoms with Gasteiger partial charge in [-0.3, -0.25) is 4.72 Å². The fourth-order valence-corrected chi connectivity index (χ4v) is 3.67. The van der Waals surface area contributed by atoms with E-state index >= 15 is 0 Å². The summed E-state index contributed by atoms with van der Waals surface area (Å²) >= 11 is 9.08. The van der Waals surface area contributed by atoms with Gasteiger partial charge >= 0.3 is 0 Å². The van der Waals surface area contributed by atoms with E-state index in [-0.39, 0.29) is 21.2 Å². The number of nitrogens with one attached hydrogen (secondary N) is 1. The Morgan fingerprint density at radius 2 is 1.95 bits per heavy atom. The highest BCUT2D eigenvalue weighted by atomic mass is 79.9. The number of sulfonamides is 1. The van der Waals surface area contributed by atoms with E-state index in [2.05, 4.69) is 20.7 Å². The van der Waals surface area contributed by atoms with E-state index in [1.165, 1.54) is 24.3 Å². The van der Waals surface area contributed by atoms with Crippen LogP contribution in [0.4, 0.5) is 10.1 Å². The van der Waals surface area contributed by atoms with Gasteiger partial charge < -0.3 is 0 Å². The highest BCUT2D eigenvalue weighted by molar-refractivity contribution is 9.10. The zero-order chi connectivity index (χ0) is 15.6. The minimum atomic E-state index is -3.93. The average Bonchev–Trinajstić information content (AvgIpc) is 2.40. The summed E-state index contributed by atoms with van der Waals surface area (Å²) in [4.78, 5) is -0.116. The van der Waals surface area contributed by atoms with Gasteiger partial charge in [0.15, 0.2) is 0 Å². The molecule has 0 fully saturated rings. The van der Waals surface area contributed by atoms with Crippen molar-refractivity contribution in [2.24, 2.45) is 0 Å². The van der Waals surface area contributed by atoms with Crippen molar-refractivity contribution in [3.05, 3.63) is 57.3 Å². The average molecular weight is 390 g/mol. The van der Waals surface area contributed by atoms with Gasteiger partial charge in [0.2, 0.25) is 0 Å². The molecule has 21 heavy (non-hydrogen) atoms. The standard InChI is InChI=1S/C13H7BrClFN2O2S/c14-9-1-4-13(11(15)6-9)21(19,20)18-10-2-3-12(16)8(5-10)7-17/h1-6,18H. The van der Waals surface area contributed by atoms with Crippen molar-refractivity contribution in [2.45, 2.75) is 4.90 Å². The fourth-order valence-electron chi connectivity index (χ4n) is 1.58. The lowest BCUT2D eigenvalue weighted by molar-refractivity contribution is 0.601. The van der Waals surface area contributed by atoms with E-state index in [0.717, 1.165) is 12.1 Å². The molecule has 0 radical (unpaired) electrons. The smallest absolute Gasteiger partial charge is 0.263 e. The zero-order valence-electron chi connectivity index (χ0n) is 10.3. The van der Waals surface area contributed by atoms with Crippen molar-refractivity contribution < 1.29 is 12.8 Å². The molecule has 108 valence electrons. The summed E-state index contributed by atoms with van der Waals surface area (Å²) in [6, 6.07) is 9.30. The van der Waals surface area contributed by atoms with Crippen LogP contribution >= 0.6 is 27.5 Å². The van der Waals surface area contributed by atoms with E-state index in [1.54, 1.807) is 6.07 Å². The Bertz CT molecular complexity index is 850. The molecular weight excluding hydrogens is 383 g/mol. The summed E-state index contributed by atoms with van der Waals surface area (Å²) in [5, 5.41) is 8.78. The molecule has 0 saturated heterocycles. The minimum absolute atomic E-state index is 0.0412. The SMILES string of the molecule is N#Cc1cc(NS(=O)(=O)c2ccc(Br)cc2Cl)ccc1F. The Kier molecular flexibility index (Phi) is 4.52. The largest absolute Gasteiger partial charge is 0.280 e. The van der Waals surface area contributed by atoms with Gasteiger partial charge in [0, 0.05) is 4.47 Å². The molecule has 0 saturated carbocycles. The van der Waals surface area contributed by atoms with Crippen molar-refractivity contribution in [3.8, 4) is 6.07 Å². The van der Waals surface area contributed by atoms with E-state index in [9.17, 15) is 12.8 Å². The molecule has 0 aliphatic carbocycles. The molecule has 0 amide bonds. The van der Waals surface area contributed by atoms with E-state index in [1.807, 2.05) is 0 Å². The number of hydrogen-bond donors (Lipinski definition) is 1. The number of hydrogen-bond acceptors (Lipinski definition) is 3. The lowest BCUT2D eigenvalue weighted by Gasteiger charge is -2.10. The third-order valence-corrected chi connectivity index (χ3v) is 4.88. The summed E-state index contributed by atoms with van der Waals surface area (Å²) in [6.07, 6.45) is 0. The van der Waals surface area contributed by atoms with Gasteiger partial charge in [-0.05, 0) is 36.4 Å². The lowest BCUT2D eigenvalue weighted by Crippen LogP contribution is -2.13. The first-order valence-electron chi connectivity index (χ1n) is 5.51. The van der Waals surface area contributed by atoms with Gasteiger partial charge in [-0.1, -0.05) is 27.5 Å². The molecule has 2 aromatic rings. The number of benzene rings is 2. The molecule has 0 bridgehead atoms. The Labute approximate surface area is 134 Å². The van der Waals surface area contributed by atoms with Crippen LogP contribution in [0.5, 0.6) is 0 Å². The maximum atomic E-state index is 13.2. The number of anilines is 1. The molecular formula is C13H7BrClFN2O2S. The second-order valence-corrected chi connectivity index (χ2v) is 6.96. The van der Waals surface area contributed by atoms with Crippen LogP contribution in [-0.4, -0.2) is 8.42 Å². The first kappa shape index (κ1) is 15.8. The van der Waals surface area contributed by atoms with Gasteiger partial charge in [-0.15, -0.1) is 0 Å². The summed E-state index contributed by atoms with van der Waals surface area (Å²) in [7, 11) is -3.93. The Hall–Kier alpha value is -1.62. The predicted molar refractivity (Wildman–Crippen MR) is 81.1 cm³/mol. The van der Waals surface area contributed by atoms with Gasteiger partial charge in [0.05, 0.1) is 16.3 Å². The van der Waals surface area contributed by atoms with Gasteiger partial charge in [-0.2, -0.15) is 5.26 Å². The van der Waals surface area contributed by atoms with Crippen molar-refractivity contribution >= 4 is 43.2 Å². The van der Waals surface area contributed by atoms with Crippen LogP contribution in [0, 0.1) is 17.1 Å². The number of rotatable bonds is 3. The summed E-state index contributed by atoms with van der Waals surface area (Å²) in [6.45, 7) is 0. The van der Waals surface area contributed by atoms with Gasteiger partial charge in [0.25, 0.3) is 10.0 Å². The fraction of sp³-hybridized carbons (Fsp3) is 0. The number of halogens is 3. The van der Waals surface area contributed by atoms with Gasteiger partial charge in [0.1, 0.15) is 16.8 Å². The van der Waals surface area contributed by atoms with Crippen LogP contribution in [0.2, 0.25) is 5.02 Å². The lowest BCUT2D eigenvalue weighted by atomic mass is 10.2. The van der Waals surface area contributed by atoms with E-state index in [4.69, 9.17) is 16.9 Å². The summed E-state index contributed by atoms with van der Waals surface area (Å²) < 4.78 is 40.6. The topological polar surface area (TPSA) is 70.0 Å². The zero-order valence-corrected chi connectivity index (χ0v) is 13.4. The molecule has 2 aromatic carbocycles. The quantitative estimate of drug-likeness (QED) is 0.865. The number of nitrogens with zero attached hydrogens (tertiary/aromatic N) is 1. The monoisotopic (exact) mass is 388 g/mol. The Morgan fingerprint density at radius 3 is 2.57 bits per heavy atom. The van der Waals surface area contributed by atoms with Crippen molar-refractivity contribution in [1.29, 1.82) is 5.26 Å². The maximum Gasteiger partial charge on any atom is 0.263 e. The molecule has 0 aromatic heterocycles. The Balaban J connectivity index is 2.40. The second-order valence-electron chi connectivity index (χ2n) is 3.99. The normalized spacial score (nSPS) is 11.0. The highest BCUT2D eigenvalue weighted by Crippen LogP contribution is 2.27. The van der Waals surface area contributed by atoms with E-state index < -0.39 is 15.8 Å². The summed E-state index contributed by atoms with van der Waals surface area (Å²) in [5.74, 6) is -0.720. The molecule has 1 N–H and O–H groups in total. The van der Waals surface area contributed by atoms with Gasteiger partial charge in [-0.25, -0.2) is 12.8 Å². The second kappa shape index (κ2) is 6.02. The number of nitriles is 1. The van der Waals surface area contributed by atoms with Crippen LogP contribution < -0.4 is 4.72 Å². The van der Waals surface area contributed by atoms with Crippen LogP contribution in [0.15, 0.2) is 45.8 Å². The van der Waals surface area contributed by atoms with Crippen molar-refractivity contribution in [3.63, 3.8) is 0 Å². The van der Waals surface area contributed by atoms with Crippen molar-refractivity contribution in [2.75, 3.05) is 4.72 Å². The molecule has 2 rings (SSSR count). The third kappa shape index (κ3) is 3.53.